The van der Waals surface area contributed by atoms with Crippen LogP contribution in [0, 0.1) is 0 Å². The van der Waals surface area contributed by atoms with Crippen molar-refractivity contribution in [3.8, 4) is 17.2 Å². The standard InChI is InChI=1S/C21H22N2O3S/c24-13-5-4-6-17-9-11-18(12-10-17)21-23-22-20(26-21)16-27-15-14-25-19-7-2-1-3-8-19/h1-5,7-12,24H,6,13-16H2/b5-4+. The number of hydrogen-bond acceptors (Lipinski definition) is 6. The van der Waals surface area contributed by atoms with Gasteiger partial charge < -0.3 is 14.3 Å². The molecule has 2 aromatic carbocycles. The van der Waals surface area contributed by atoms with Crippen molar-refractivity contribution < 1.29 is 14.3 Å². The molecule has 5 nitrogen and oxygen atoms in total. The van der Waals surface area contributed by atoms with Gasteiger partial charge in [0.1, 0.15) is 5.75 Å². The SMILES string of the molecule is OC/C=C/Cc1ccc(-c2nnc(CSCCOc3ccccc3)o2)cc1. The van der Waals surface area contributed by atoms with Gasteiger partial charge in [0.25, 0.3) is 0 Å². The summed E-state index contributed by atoms with van der Waals surface area (Å²) in [7, 11) is 0. The van der Waals surface area contributed by atoms with E-state index in [0.29, 0.717) is 24.1 Å². The van der Waals surface area contributed by atoms with Crippen LogP contribution in [0.2, 0.25) is 0 Å². The van der Waals surface area contributed by atoms with E-state index in [-0.39, 0.29) is 6.61 Å². The van der Waals surface area contributed by atoms with E-state index < -0.39 is 0 Å². The Morgan fingerprint density at radius 3 is 2.59 bits per heavy atom. The van der Waals surface area contributed by atoms with Crippen LogP contribution < -0.4 is 4.74 Å². The van der Waals surface area contributed by atoms with Crippen LogP contribution in [0.5, 0.6) is 5.75 Å². The number of thioether (sulfide) groups is 1. The zero-order valence-corrected chi connectivity index (χ0v) is 15.8. The van der Waals surface area contributed by atoms with E-state index in [4.69, 9.17) is 14.3 Å². The molecule has 0 atom stereocenters. The third-order valence-electron chi connectivity index (χ3n) is 3.76. The Morgan fingerprint density at radius 2 is 1.81 bits per heavy atom. The molecule has 140 valence electrons. The number of aliphatic hydroxyl groups is 1. The quantitative estimate of drug-likeness (QED) is 0.420. The van der Waals surface area contributed by atoms with E-state index in [1.54, 1.807) is 17.8 Å². The maximum Gasteiger partial charge on any atom is 0.247 e. The van der Waals surface area contributed by atoms with Crippen molar-refractivity contribution in [3.05, 3.63) is 78.2 Å². The summed E-state index contributed by atoms with van der Waals surface area (Å²) in [5.41, 5.74) is 2.07. The van der Waals surface area contributed by atoms with Gasteiger partial charge in [0, 0.05) is 11.3 Å². The van der Waals surface area contributed by atoms with E-state index in [2.05, 4.69) is 10.2 Å². The average Bonchev–Trinajstić information content (AvgIpc) is 3.18. The Balaban J connectivity index is 1.43. The fraction of sp³-hybridized carbons (Fsp3) is 0.238. The molecule has 1 N–H and O–H groups in total. The zero-order chi connectivity index (χ0) is 18.7. The highest BCUT2D eigenvalue weighted by Gasteiger charge is 2.08. The Morgan fingerprint density at radius 1 is 1.00 bits per heavy atom. The van der Waals surface area contributed by atoms with E-state index in [0.717, 1.165) is 29.1 Å². The maximum atomic E-state index is 8.76. The minimum Gasteiger partial charge on any atom is -0.493 e. The molecule has 1 aromatic heterocycles. The molecule has 27 heavy (non-hydrogen) atoms. The third-order valence-corrected chi connectivity index (χ3v) is 4.66. The fourth-order valence-corrected chi connectivity index (χ4v) is 3.04. The molecular weight excluding hydrogens is 360 g/mol. The molecule has 0 bridgehead atoms. The molecule has 0 radical (unpaired) electrons. The highest BCUT2D eigenvalue weighted by molar-refractivity contribution is 7.98. The molecule has 0 unspecified atom stereocenters. The average molecular weight is 382 g/mol. The van der Waals surface area contributed by atoms with Crippen molar-refractivity contribution in [1.82, 2.24) is 10.2 Å². The molecule has 3 rings (SSSR count). The predicted octanol–water partition coefficient (Wildman–Crippen LogP) is 4.14. The lowest BCUT2D eigenvalue weighted by Gasteiger charge is -2.04. The van der Waals surface area contributed by atoms with Crippen molar-refractivity contribution in [1.29, 1.82) is 0 Å². The van der Waals surface area contributed by atoms with E-state index in [1.165, 1.54) is 0 Å². The van der Waals surface area contributed by atoms with Gasteiger partial charge >= 0.3 is 0 Å². The first-order valence-corrected chi connectivity index (χ1v) is 9.94. The van der Waals surface area contributed by atoms with Gasteiger partial charge in [0.15, 0.2) is 0 Å². The number of nitrogens with zero attached hydrogens (tertiary/aromatic N) is 2. The van der Waals surface area contributed by atoms with E-state index >= 15 is 0 Å². The summed E-state index contributed by atoms with van der Waals surface area (Å²) < 4.78 is 11.4. The molecule has 0 aliphatic heterocycles. The Hall–Kier alpha value is -2.57. The molecule has 0 saturated carbocycles. The highest BCUT2D eigenvalue weighted by Crippen LogP contribution is 2.21. The van der Waals surface area contributed by atoms with Gasteiger partial charge in [-0.25, -0.2) is 0 Å². The van der Waals surface area contributed by atoms with Crippen molar-refractivity contribution in [3.63, 3.8) is 0 Å². The first-order chi connectivity index (χ1) is 13.3. The van der Waals surface area contributed by atoms with Gasteiger partial charge in [-0.1, -0.05) is 42.5 Å². The largest absolute Gasteiger partial charge is 0.493 e. The monoisotopic (exact) mass is 382 g/mol. The minimum absolute atomic E-state index is 0.0687. The number of rotatable bonds is 10. The van der Waals surface area contributed by atoms with E-state index in [9.17, 15) is 0 Å². The number of aromatic nitrogens is 2. The van der Waals surface area contributed by atoms with Gasteiger partial charge in [-0.15, -0.1) is 22.0 Å². The Kier molecular flexibility index (Phi) is 7.50. The summed E-state index contributed by atoms with van der Waals surface area (Å²) in [6.45, 7) is 0.709. The van der Waals surface area contributed by atoms with Crippen LogP contribution in [0.4, 0.5) is 0 Å². The summed E-state index contributed by atoms with van der Waals surface area (Å²) in [5, 5.41) is 17.0. The second kappa shape index (κ2) is 10.5. The maximum absolute atomic E-state index is 8.76. The normalized spacial score (nSPS) is 11.1. The molecule has 6 heteroatoms. The second-order valence-electron chi connectivity index (χ2n) is 5.77. The molecule has 0 aliphatic rings. The molecule has 0 saturated heterocycles. The number of allylic oxidation sites excluding steroid dienone is 1. The van der Waals surface area contributed by atoms with Gasteiger partial charge in [0.05, 0.1) is 19.0 Å². The number of benzene rings is 2. The Labute approximate surface area is 163 Å². The Bertz CT molecular complexity index is 832. The molecule has 0 spiro atoms. The summed E-state index contributed by atoms with van der Waals surface area (Å²) in [4.78, 5) is 0. The first-order valence-electron chi connectivity index (χ1n) is 8.78. The lowest BCUT2D eigenvalue weighted by molar-refractivity contribution is 0.342. The number of ether oxygens (including phenoxy) is 1. The smallest absolute Gasteiger partial charge is 0.247 e. The fourth-order valence-electron chi connectivity index (χ4n) is 2.40. The highest BCUT2D eigenvalue weighted by atomic mass is 32.2. The zero-order valence-electron chi connectivity index (χ0n) is 15.0. The lowest BCUT2D eigenvalue weighted by Crippen LogP contribution is -2.00. The van der Waals surface area contributed by atoms with Gasteiger partial charge in [-0.05, 0) is 36.2 Å². The van der Waals surface area contributed by atoms with Crippen LogP contribution in [0.25, 0.3) is 11.5 Å². The third kappa shape index (κ3) is 6.27. The number of aliphatic hydroxyl groups excluding tert-OH is 1. The van der Waals surface area contributed by atoms with Gasteiger partial charge in [0.2, 0.25) is 11.8 Å². The van der Waals surface area contributed by atoms with Crippen LogP contribution in [0.15, 0.2) is 71.2 Å². The lowest BCUT2D eigenvalue weighted by atomic mass is 10.1. The van der Waals surface area contributed by atoms with Crippen molar-refractivity contribution >= 4 is 11.8 Å². The molecule has 0 amide bonds. The van der Waals surface area contributed by atoms with Crippen molar-refractivity contribution in [2.75, 3.05) is 19.0 Å². The number of hydrogen-bond donors (Lipinski definition) is 1. The second-order valence-corrected chi connectivity index (χ2v) is 6.88. The summed E-state index contributed by atoms with van der Waals surface area (Å²) in [5.74, 6) is 3.54. The van der Waals surface area contributed by atoms with Crippen LogP contribution >= 0.6 is 11.8 Å². The van der Waals surface area contributed by atoms with E-state index in [1.807, 2.05) is 60.7 Å². The summed E-state index contributed by atoms with van der Waals surface area (Å²) in [6, 6.07) is 17.8. The molecule has 1 heterocycles. The van der Waals surface area contributed by atoms with Gasteiger partial charge in [-0.2, -0.15) is 0 Å². The van der Waals surface area contributed by atoms with Crippen LogP contribution in [-0.4, -0.2) is 34.3 Å². The van der Waals surface area contributed by atoms with Crippen molar-refractivity contribution in [2.24, 2.45) is 0 Å². The topological polar surface area (TPSA) is 68.4 Å². The van der Waals surface area contributed by atoms with Crippen LogP contribution in [-0.2, 0) is 12.2 Å². The first kappa shape index (κ1) is 19.2. The van der Waals surface area contributed by atoms with Gasteiger partial charge in [-0.3, -0.25) is 0 Å². The summed E-state index contributed by atoms with van der Waals surface area (Å²) in [6.07, 6.45) is 4.47. The number of para-hydroxylation sites is 1. The minimum atomic E-state index is 0.0687. The molecule has 3 aromatic rings. The molecular formula is C21H22N2O3S. The molecule has 0 aliphatic carbocycles. The van der Waals surface area contributed by atoms with Crippen LogP contribution in [0.3, 0.4) is 0 Å². The van der Waals surface area contributed by atoms with Crippen LogP contribution in [0.1, 0.15) is 11.5 Å². The summed E-state index contributed by atoms with van der Waals surface area (Å²) >= 11 is 1.70. The molecule has 0 fully saturated rings. The van der Waals surface area contributed by atoms with Crippen molar-refractivity contribution in [2.45, 2.75) is 12.2 Å². The predicted molar refractivity (Wildman–Crippen MR) is 108 cm³/mol.